The van der Waals surface area contributed by atoms with E-state index in [1.807, 2.05) is 36.4 Å². The highest BCUT2D eigenvalue weighted by molar-refractivity contribution is 6.32. The minimum absolute atomic E-state index is 0.383. The Kier molecular flexibility index (Phi) is 4.80. The Hall–Kier alpha value is -1.55. The summed E-state index contributed by atoms with van der Waals surface area (Å²) in [6, 6.07) is 13.2. The number of ether oxygens (including phenoxy) is 2. The SMILES string of the molecule is COCc1cccc(Oc2c(Cl)cccc2CN)c1. The van der Waals surface area contributed by atoms with Crippen LogP contribution in [0.15, 0.2) is 42.5 Å². The number of rotatable bonds is 5. The van der Waals surface area contributed by atoms with Gasteiger partial charge in [0.2, 0.25) is 0 Å². The lowest BCUT2D eigenvalue weighted by molar-refractivity contribution is 0.184. The van der Waals surface area contributed by atoms with Gasteiger partial charge in [-0.25, -0.2) is 0 Å². The Balaban J connectivity index is 2.28. The lowest BCUT2D eigenvalue weighted by Gasteiger charge is -2.12. The predicted octanol–water partition coefficient (Wildman–Crippen LogP) is 3.74. The standard InChI is InChI=1S/C15H16ClNO2/c1-18-10-11-4-2-6-13(8-11)19-15-12(9-17)5-3-7-14(15)16/h2-8H,9-10,17H2,1H3. The topological polar surface area (TPSA) is 44.5 Å². The molecule has 0 amide bonds. The molecular weight excluding hydrogens is 262 g/mol. The maximum Gasteiger partial charge on any atom is 0.150 e. The summed E-state index contributed by atoms with van der Waals surface area (Å²) in [6.07, 6.45) is 0. The van der Waals surface area contributed by atoms with Crippen molar-refractivity contribution in [1.82, 2.24) is 0 Å². The number of hydrogen-bond donors (Lipinski definition) is 1. The molecular formula is C15H16ClNO2. The monoisotopic (exact) mass is 277 g/mol. The molecule has 0 saturated carbocycles. The second-order valence-corrected chi connectivity index (χ2v) is 4.52. The smallest absolute Gasteiger partial charge is 0.150 e. The molecule has 0 radical (unpaired) electrons. The van der Waals surface area contributed by atoms with Crippen molar-refractivity contribution >= 4 is 11.6 Å². The molecule has 100 valence electrons. The molecule has 0 saturated heterocycles. The molecule has 2 rings (SSSR count). The van der Waals surface area contributed by atoms with E-state index in [-0.39, 0.29) is 0 Å². The van der Waals surface area contributed by atoms with Crippen LogP contribution < -0.4 is 10.5 Å². The first kappa shape index (κ1) is 13.9. The van der Waals surface area contributed by atoms with E-state index in [1.54, 1.807) is 13.2 Å². The minimum Gasteiger partial charge on any atom is -0.455 e. The van der Waals surface area contributed by atoms with E-state index in [0.717, 1.165) is 16.9 Å². The Morgan fingerprint density at radius 3 is 2.68 bits per heavy atom. The molecule has 2 aromatic rings. The molecule has 0 bridgehead atoms. The first-order valence-corrected chi connectivity index (χ1v) is 6.35. The van der Waals surface area contributed by atoms with Crippen molar-refractivity contribution in [3.05, 3.63) is 58.6 Å². The van der Waals surface area contributed by atoms with Gasteiger partial charge < -0.3 is 15.2 Å². The molecule has 0 unspecified atom stereocenters. The van der Waals surface area contributed by atoms with E-state index in [4.69, 9.17) is 26.8 Å². The van der Waals surface area contributed by atoms with E-state index in [9.17, 15) is 0 Å². The quantitative estimate of drug-likeness (QED) is 0.905. The highest BCUT2D eigenvalue weighted by Gasteiger charge is 2.08. The summed E-state index contributed by atoms with van der Waals surface area (Å²) in [6.45, 7) is 0.928. The lowest BCUT2D eigenvalue weighted by atomic mass is 10.2. The Bertz CT molecular complexity index is 558. The zero-order valence-electron chi connectivity index (χ0n) is 10.7. The summed E-state index contributed by atoms with van der Waals surface area (Å²) in [7, 11) is 1.66. The number of para-hydroxylation sites is 1. The van der Waals surface area contributed by atoms with Gasteiger partial charge in [-0.3, -0.25) is 0 Å². The third kappa shape index (κ3) is 3.47. The summed E-state index contributed by atoms with van der Waals surface area (Å²) in [5.74, 6) is 1.33. The van der Waals surface area contributed by atoms with Gasteiger partial charge in [0.05, 0.1) is 11.6 Å². The first-order valence-electron chi connectivity index (χ1n) is 5.97. The van der Waals surface area contributed by atoms with Crippen LogP contribution in [0.5, 0.6) is 11.5 Å². The molecule has 4 heteroatoms. The van der Waals surface area contributed by atoms with Gasteiger partial charge in [-0.15, -0.1) is 0 Å². The molecule has 0 aliphatic rings. The maximum absolute atomic E-state index is 6.15. The van der Waals surface area contributed by atoms with Gasteiger partial charge in [0.15, 0.2) is 0 Å². The summed E-state index contributed by atoms with van der Waals surface area (Å²) in [4.78, 5) is 0. The number of benzene rings is 2. The van der Waals surface area contributed by atoms with Crippen LogP contribution in [0.2, 0.25) is 5.02 Å². The molecule has 0 aliphatic heterocycles. The van der Waals surface area contributed by atoms with Gasteiger partial charge >= 0.3 is 0 Å². The molecule has 0 fully saturated rings. The first-order chi connectivity index (χ1) is 9.24. The van der Waals surface area contributed by atoms with E-state index in [2.05, 4.69) is 0 Å². The fraction of sp³-hybridized carbons (Fsp3) is 0.200. The predicted molar refractivity (Wildman–Crippen MR) is 76.6 cm³/mol. The normalized spacial score (nSPS) is 10.5. The van der Waals surface area contributed by atoms with Crippen LogP contribution in [0.1, 0.15) is 11.1 Å². The molecule has 0 atom stereocenters. The zero-order chi connectivity index (χ0) is 13.7. The van der Waals surface area contributed by atoms with E-state index in [0.29, 0.717) is 23.9 Å². The number of hydrogen-bond acceptors (Lipinski definition) is 3. The van der Waals surface area contributed by atoms with Crippen molar-refractivity contribution in [2.45, 2.75) is 13.2 Å². The second-order valence-electron chi connectivity index (χ2n) is 4.11. The molecule has 0 aromatic heterocycles. The Morgan fingerprint density at radius 1 is 1.16 bits per heavy atom. The molecule has 2 aromatic carbocycles. The van der Waals surface area contributed by atoms with Gasteiger partial charge in [-0.1, -0.05) is 35.9 Å². The van der Waals surface area contributed by atoms with Gasteiger partial charge in [-0.2, -0.15) is 0 Å². The second kappa shape index (κ2) is 6.57. The summed E-state index contributed by atoms with van der Waals surface area (Å²) >= 11 is 6.15. The zero-order valence-corrected chi connectivity index (χ0v) is 11.5. The van der Waals surface area contributed by atoms with E-state index >= 15 is 0 Å². The molecule has 2 N–H and O–H groups in total. The van der Waals surface area contributed by atoms with Crippen LogP contribution in [-0.4, -0.2) is 7.11 Å². The van der Waals surface area contributed by atoms with E-state index < -0.39 is 0 Å². The van der Waals surface area contributed by atoms with Crippen molar-refractivity contribution in [2.75, 3.05) is 7.11 Å². The average molecular weight is 278 g/mol. The molecule has 19 heavy (non-hydrogen) atoms. The van der Waals surface area contributed by atoms with Crippen LogP contribution in [0.4, 0.5) is 0 Å². The third-order valence-corrected chi connectivity index (χ3v) is 3.00. The number of nitrogens with two attached hydrogens (primary N) is 1. The fourth-order valence-electron chi connectivity index (χ4n) is 1.81. The molecule has 0 spiro atoms. The van der Waals surface area contributed by atoms with Crippen LogP contribution in [-0.2, 0) is 17.9 Å². The van der Waals surface area contributed by atoms with Crippen LogP contribution in [0.25, 0.3) is 0 Å². The highest BCUT2D eigenvalue weighted by atomic mass is 35.5. The van der Waals surface area contributed by atoms with E-state index in [1.165, 1.54) is 0 Å². The van der Waals surface area contributed by atoms with Crippen molar-refractivity contribution in [3.63, 3.8) is 0 Å². The summed E-state index contributed by atoms with van der Waals surface area (Å²) in [5, 5.41) is 0.556. The van der Waals surface area contributed by atoms with Crippen molar-refractivity contribution in [1.29, 1.82) is 0 Å². The van der Waals surface area contributed by atoms with Crippen molar-refractivity contribution in [2.24, 2.45) is 5.73 Å². The van der Waals surface area contributed by atoms with Gasteiger partial charge in [0, 0.05) is 19.2 Å². The summed E-state index contributed by atoms with van der Waals surface area (Å²) < 4.78 is 11.0. The molecule has 3 nitrogen and oxygen atoms in total. The summed E-state index contributed by atoms with van der Waals surface area (Å²) in [5.41, 5.74) is 7.61. The van der Waals surface area contributed by atoms with Crippen molar-refractivity contribution < 1.29 is 9.47 Å². The van der Waals surface area contributed by atoms with Gasteiger partial charge in [0.1, 0.15) is 11.5 Å². The highest BCUT2D eigenvalue weighted by Crippen LogP contribution is 2.33. The van der Waals surface area contributed by atoms with Crippen LogP contribution in [0, 0.1) is 0 Å². The molecule has 0 aliphatic carbocycles. The number of methoxy groups -OCH3 is 1. The maximum atomic E-state index is 6.15. The van der Waals surface area contributed by atoms with Crippen molar-refractivity contribution in [3.8, 4) is 11.5 Å². The lowest BCUT2D eigenvalue weighted by Crippen LogP contribution is -2.00. The van der Waals surface area contributed by atoms with Crippen LogP contribution in [0.3, 0.4) is 0 Å². The minimum atomic E-state index is 0.383. The molecule has 0 heterocycles. The Labute approximate surface area is 117 Å². The third-order valence-electron chi connectivity index (χ3n) is 2.70. The van der Waals surface area contributed by atoms with Gasteiger partial charge in [-0.05, 0) is 23.8 Å². The number of halogens is 1. The van der Waals surface area contributed by atoms with Crippen LogP contribution >= 0.6 is 11.6 Å². The average Bonchev–Trinajstić information content (AvgIpc) is 2.42. The Morgan fingerprint density at radius 2 is 1.95 bits per heavy atom. The largest absolute Gasteiger partial charge is 0.455 e. The fourth-order valence-corrected chi connectivity index (χ4v) is 2.04. The van der Waals surface area contributed by atoms with Gasteiger partial charge in [0.25, 0.3) is 0 Å².